The number of carbonyl (C=O) groups is 3. The first-order valence-electron chi connectivity index (χ1n) is 8.77. The van der Waals surface area contributed by atoms with Crippen molar-refractivity contribution >= 4 is 41.0 Å². The number of rotatable bonds is 8. The molecule has 0 radical (unpaired) electrons. The lowest BCUT2D eigenvalue weighted by atomic mass is 10.0. The molecule has 6 nitrogen and oxygen atoms in total. The maximum Gasteiger partial charge on any atom is 0.329 e. The largest absolute Gasteiger partial charge is 0.451 e. The summed E-state index contributed by atoms with van der Waals surface area (Å²) in [6.07, 6.45) is -0.964. The van der Waals surface area contributed by atoms with Crippen LogP contribution in [-0.4, -0.2) is 36.5 Å². The van der Waals surface area contributed by atoms with Crippen molar-refractivity contribution in [3.63, 3.8) is 0 Å². The van der Waals surface area contributed by atoms with E-state index in [1.165, 1.54) is 25.1 Å². The fourth-order valence-corrected chi connectivity index (χ4v) is 2.63. The third-order valence-electron chi connectivity index (χ3n) is 3.73. The first kappa shape index (κ1) is 23.2. The van der Waals surface area contributed by atoms with Gasteiger partial charge in [0.05, 0.1) is 10.6 Å². The number of esters is 1. The third kappa shape index (κ3) is 7.39. The Kier molecular flexibility index (Phi) is 9.06. The van der Waals surface area contributed by atoms with E-state index in [1.807, 2.05) is 13.8 Å². The van der Waals surface area contributed by atoms with Crippen molar-refractivity contribution in [2.45, 2.75) is 46.8 Å². The molecule has 0 fully saturated rings. The minimum absolute atomic E-state index is 0.178. The third-order valence-corrected chi connectivity index (χ3v) is 4.28. The summed E-state index contributed by atoms with van der Waals surface area (Å²) in [5.41, 5.74) is 0.197. The Morgan fingerprint density at radius 3 is 2.22 bits per heavy atom. The predicted molar refractivity (Wildman–Crippen MR) is 106 cm³/mol. The van der Waals surface area contributed by atoms with Crippen LogP contribution in [0.2, 0.25) is 10.0 Å². The molecule has 150 valence electrons. The van der Waals surface area contributed by atoms with Gasteiger partial charge in [0.1, 0.15) is 6.04 Å². The van der Waals surface area contributed by atoms with Crippen molar-refractivity contribution < 1.29 is 19.1 Å². The summed E-state index contributed by atoms with van der Waals surface area (Å²) < 4.78 is 5.23. The molecule has 0 aliphatic heterocycles. The van der Waals surface area contributed by atoms with Gasteiger partial charge in [-0.3, -0.25) is 9.59 Å². The molecule has 0 saturated carbocycles. The average molecular weight is 417 g/mol. The minimum Gasteiger partial charge on any atom is -0.451 e. The number of hydrogen-bond acceptors (Lipinski definition) is 4. The minimum atomic E-state index is -0.964. The summed E-state index contributed by atoms with van der Waals surface area (Å²) >= 11 is 11.9. The molecule has 1 aromatic rings. The van der Waals surface area contributed by atoms with Crippen LogP contribution in [-0.2, 0) is 14.3 Å². The van der Waals surface area contributed by atoms with E-state index in [9.17, 15) is 14.4 Å². The van der Waals surface area contributed by atoms with E-state index in [0.717, 1.165) is 0 Å². The zero-order chi connectivity index (χ0) is 20.7. The van der Waals surface area contributed by atoms with Crippen molar-refractivity contribution in [3.8, 4) is 0 Å². The number of carbonyl (C=O) groups excluding carboxylic acids is 3. The van der Waals surface area contributed by atoms with Crippen LogP contribution in [0.15, 0.2) is 18.2 Å². The van der Waals surface area contributed by atoms with Crippen molar-refractivity contribution in [2.24, 2.45) is 11.8 Å². The Bertz CT molecular complexity index is 692. The zero-order valence-electron chi connectivity index (χ0n) is 16.1. The van der Waals surface area contributed by atoms with Gasteiger partial charge in [0.2, 0.25) is 0 Å². The van der Waals surface area contributed by atoms with Crippen molar-refractivity contribution in [1.29, 1.82) is 0 Å². The maximum atomic E-state index is 12.5. The summed E-state index contributed by atoms with van der Waals surface area (Å²) in [6, 6.07) is 3.53. The highest BCUT2D eigenvalue weighted by Crippen LogP contribution is 2.21. The molecule has 1 aromatic carbocycles. The van der Waals surface area contributed by atoms with Crippen LogP contribution in [0.25, 0.3) is 0 Å². The molecule has 0 unspecified atom stereocenters. The van der Waals surface area contributed by atoms with Gasteiger partial charge >= 0.3 is 5.97 Å². The van der Waals surface area contributed by atoms with Gasteiger partial charge in [-0.05, 0) is 37.0 Å². The monoisotopic (exact) mass is 416 g/mol. The van der Waals surface area contributed by atoms with Crippen LogP contribution in [0.4, 0.5) is 0 Å². The lowest BCUT2D eigenvalue weighted by Gasteiger charge is -2.23. The van der Waals surface area contributed by atoms with E-state index in [1.54, 1.807) is 13.8 Å². The molecule has 2 N–H and O–H groups in total. The SMILES string of the molecule is CC(C)CNC(=O)[C@@H](C)OC(=O)[C@@H](NC(=O)c1ccc(Cl)cc1Cl)C(C)C. The fourth-order valence-electron chi connectivity index (χ4n) is 2.14. The number of benzene rings is 1. The molecular formula is C19H26Cl2N2O4. The smallest absolute Gasteiger partial charge is 0.329 e. The van der Waals surface area contributed by atoms with Crippen LogP contribution < -0.4 is 10.6 Å². The van der Waals surface area contributed by atoms with Gasteiger partial charge in [0, 0.05) is 11.6 Å². The second-order valence-electron chi connectivity index (χ2n) is 7.04. The van der Waals surface area contributed by atoms with E-state index in [-0.39, 0.29) is 28.3 Å². The molecule has 2 atom stereocenters. The standard InChI is InChI=1S/C19H26Cl2N2O4/c1-10(2)9-22-17(24)12(5)27-19(26)16(11(3)4)23-18(25)14-7-6-13(20)8-15(14)21/h6-8,10-12,16H,9H2,1-5H3,(H,22,24)(H,23,25)/t12-,16+/m1/s1. The molecule has 0 spiro atoms. The van der Waals surface area contributed by atoms with Crippen molar-refractivity contribution in [3.05, 3.63) is 33.8 Å². The first-order chi connectivity index (χ1) is 12.5. The van der Waals surface area contributed by atoms with Crippen LogP contribution in [0, 0.1) is 11.8 Å². The van der Waals surface area contributed by atoms with E-state index < -0.39 is 24.0 Å². The highest BCUT2D eigenvalue weighted by Gasteiger charge is 2.29. The van der Waals surface area contributed by atoms with Crippen LogP contribution in [0.3, 0.4) is 0 Å². The van der Waals surface area contributed by atoms with Gasteiger partial charge in [-0.2, -0.15) is 0 Å². The Labute approximate surface area is 169 Å². The van der Waals surface area contributed by atoms with Gasteiger partial charge in [-0.1, -0.05) is 50.9 Å². The topological polar surface area (TPSA) is 84.5 Å². The first-order valence-corrected chi connectivity index (χ1v) is 9.52. The summed E-state index contributed by atoms with van der Waals surface area (Å²) in [5.74, 6) is -1.56. The summed E-state index contributed by atoms with van der Waals surface area (Å²) in [4.78, 5) is 36.9. The lowest BCUT2D eigenvalue weighted by molar-refractivity contribution is -0.157. The van der Waals surface area contributed by atoms with Crippen molar-refractivity contribution in [2.75, 3.05) is 6.54 Å². The maximum absolute atomic E-state index is 12.5. The number of amides is 2. The molecule has 0 bridgehead atoms. The molecule has 0 saturated heterocycles. The van der Waals surface area contributed by atoms with E-state index >= 15 is 0 Å². The lowest BCUT2D eigenvalue weighted by Crippen LogP contribution is -2.48. The Morgan fingerprint density at radius 1 is 1.07 bits per heavy atom. The van der Waals surface area contributed by atoms with E-state index in [2.05, 4.69) is 10.6 Å². The second-order valence-corrected chi connectivity index (χ2v) is 7.88. The zero-order valence-corrected chi connectivity index (χ0v) is 17.6. The summed E-state index contributed by atoms with van der Waals surface area (Å²) in [7, 11) is 0. The van der Waals surface area contributed by atoms with Crippen molar-refractivity contribution in [1.82, 2.24) is 10.6 Å². The van der Waals surface area contributed by atoms with Crippen LogP contribution in [0.5, 0.6) is 0 Å². The Morgan fingerprint density at radius 2 is 1.70 bits per heavy atom. The molecule has 1 rings (SSSR count). The summed E-state index contributed by atoms with van der Waals surface area (Å²) in [6.45, 7) is 9.42. The predicted octanol–water partition coefficient (Wildman–Crippen LogP) is 3.45. The Balaban J connectivity index is 2.78. The van der Waals surface area contributed by atoms with E-state index in [0.29, 0.717) is 11.6 Å². The molecule has 0 aliphatic carbocycles. The number of nitrogens with one attached hydrogen (secondary N) is 2. The quantitative estimate of drug-likeness (QED) is 0.635. The molecule has 2 amide bonds. The van der Waals surface area contributed by atoms with Crippen LogP contribution in [0.1, 0.15) is 45.0 Å². The number of halogens is 2. The van der Waals surface area contributed by atoms with Crippen LogP contribution >= 0.6 is 23.2 Å². The fraction of sp³-hybridized carbons (Fsp3) is 0.526. The number of hydrogen-bond donors (Lipinski definition) is 2. The number of ether oxygens (including phenoxy) is 1. The highest BCUT2D eigenvalue weighted by atomic mass is 35.5. The van der Waals surface area contributed by atoms with E-state index in [4.69, 9.17) is 27.9 Å². The molecule has 8 heteroatoms. The average Bonchev–Trinajstić information content (AvgIpc) is 2.56. The van der Waals surface area contributed by atoms with Gasteiger partial charge in [0.25, 0.3) is 11.8 Å². The van der Waals surface area contributed by atoms with Gasteiger partial charge in [0.15, 0.2) is 6.10 Å². The molecule has 0 heterocycles. The van der Waals surface area contributed by atoms with Gasteiger partial charge in [-0.15, -0.1) is 0 Å². The molecule has 0 aromatic heterocycles. The molecular weight excluding hydrogens is 391 g/mol. The Hall–Kier alpha value is -1.79. The summed E-state index contributed by atoms with van der Waals surface area (Å²) in [5, 5.41) is 5.89. The normalized spacial score (nSPS) is 13.2. The van der Waals surface area contributed by atoms with Gasteiger partial charge < -0.3 is 15.4 Å². The van der Waals surface area contributed by atoms with Gasteiger partial charge in [-0.25, -0.2) is 4.79 Å². The second kappa shape index (κ2) is 10.5. The highest BCUT2D eigenvalue weighted by molar-refractivity contribution is 6.36. The molecule has 0 aliphatic rings. The molecule has 27 heavy (non-hydrogen) atoms.